The van der Waals surface area contributed by atoms with Crippen LogP contribution in [-0.4, -0.2) is 19.2 Å². The molecule has 0 aliphatic rings. The Bertz CT molecular complexity index is 876. The van der Waals surface area contributed by atoms with Crippen LogP contribution in [0.1, 0.15) is 154 Å². The summed E-state index contributed by atoms with van der Waals surface area (Å²) in [6, 6.07) is 13.6. The fourth-order valence-corrected chi connectivity index (χ4v) is 16.1. The van der Waals surface area contributed by atoms with Crippen molar-refractivity contribution in [2.24, 2.45) is 0 Å². The summed E-state index contributed by atoms with van der Waals surface area (Å²) in [5.74, 6) is 2.28. The Morgan fingerprint density at radius 2 is 0.854 bits per heavy atom. The predicted octanol–water partition coefficient (Wildman–Crippen LogP) is 12.3. The molecule has 0 amide bonds. The van der Waals surface area contributed by atoms with E-state index in [0.29, 0.717) is 0 Å². The standard InChI is InChI=1S/2C11H16O.2C8H17.Sn/c2*1-3-6-10-9(4-2)7-5-8-11(10)12;2*1-3-5-7-8-6-4-2;/h2*5,7-8,12H,3-4,6H2,1-2H3;2*1,3-8H2,2H3;/q;;;;+2/p-2. The van der Waals surface area contributed by atoms with Crippen LogP contribution in [-0.2, 0) is 25.7 Å². The summed E-state index contributed by atoms with van der Waals surface area (Å²) >= 11 is -3.61. The molecule has 2 rings (SSSR count). The third-order valence-corrected chi connectivity index (χ3v) is 18.4. The van der Waals surface area contributed by atoms with Gasteiger partial charge in [-0.3, -0.25) is 0 Å². The molecule has 0 unspecified atom stereocenters. The predicted molar refractivity (Wildman–Crippen MR) is 183 cm³/mol. The van der Waals surface area contributed by atoms with E-state index in [9.17, 15) is 0 Å². The van der Waals surface area contributed by atoms with Crippen LogP contribution < -0.4 is 6.15 Å². The number of benzene rings is 2. The van der Waals surface area contributed by atoms with Crippen molar-refractivity contribution in [1.82, 2.24) is 0 Å². The van der Waals surface area contributed by atoms with Crippen LogP contribution in [0.5, 0.6) is 11.5 Å². The van der Waals surface area contributed by atoms with Gasteiger partial charge in [0.1, 0.15) is 0 Å². The zero-order chi connectivity index (χ0) is 29.8. The van der Waals surface area contributed by atoms with Gasteiger partial charge in [0.2, 0.25) is 0 Å². The van der Waals surface area contributed by atoms with Crippen LogP contribution in [0, 0.1) is 0 Å². The van der Waals surface area contributed by atoms with Crippen LogP contribution in [0.3, 0.4) is 0 Å². The fraction of sp³-hybridized carbons (Fsp3) is 0.684. The Balaban J connectivity index is 2.49. The molecule has 232 valence electrons. The molecule has 2 aromatic rings. The molecular weight excluding hydrogens is 607 g/mol. The van der Waals surface area contributed by atoms with Gasteiger partial charge in [0.05, 0.1) is 0 Å². The molecule has 0 heterocycles. The Morgan fingerprint density at radius 1 is 0.463 bits per heavy atom. The molecule has 0 radical (unpaired) electrons. The molecular formula is C38H64O2Sn. The summed E-state index contributed by atoms with van der Waals surface area (Å²) in [5.41, 5.74) is 5.76. The van der Waals surface area contributed by atoms with Gasteiger partial charge < -0.3 is 0 Å². The summed E-state index contributed by atoms with van der Waals surface area (Å²) < 4.78 is 17.3. The van der Waals surface area contributed by atoms with E-state index in [1.54, 1.807) is 0 Å². The summed E-state index contributed by atoms with van der Waals surface area (Å²) in [5, 5.41) is 0. The number of aryl methyl sites for hydroxylation is 2. The number of hydrogen-bond acceptors (Lipinski definition) is 2. The summed E-state index contributed by atoms with van der Waals surface area (Å²) in [4.78, 5) is 0. The van der Waals surface area contributed by atoms with E-state index in [4.69, 9.17) is 6.15 Å². The maximum atomic E-state index is 7.48. The van der Waals surface area contributed by atoms with Crippen LogP contribution in [0.2, 0.25) is 8.87 Å². The molecule has 0 aliphatic carbocycles. The Kier molecular flexibility index (Phi) is 18.9. The van der Waals surface area contributed by atoms with E-state index in [1.807, 2.05) is 0 Å². The van der Waals surface area contributed by atoms with E-state index in [-0.39, 0.29) is 0 Å². The van der Waals surface area contributed by atoms with Crippen molar-refractivity contribution in [3.8, 4) is 11.5 Å². The van der Waals surface area contributed by atoms with Crippen molar-refractivity contribution in [1.29, 1.82) is 0 Å². The molecule has 0 atom stereocenters. The van der Waals surface area contributed by atoms with E-state index >= 15 is 0 Å². The van der Waals surface area contributed by atoms with E-state index in [0.717, 1.165) is 58.9 Å². The molecule has 0 saturated heterocycles. The van der Waals surface area contributed by atoms with Crippen LogP contribution in [0.15, 0.2) is 36.4 Å². The number of unbranched alkanes of at least 4 members (excludes halogenated alkanes) is 10. The first kappa shape index (κ1) is 36.0. The summed E-state index contributed by atoms with van der Waals surface area (Å²) in [6.07, 6.45) is 22.4. The molecule has 0 fully saturated rings. The quantitative estimate of drug-likeness (QED) is 0.0817. The number of hydrogen-bond donors (Lipinski definition) is 0. The third-order valence-electron chi connectivity index (χ3n) is 8.64. The Morgan fingerprint density at radius 3 is 1.22 bits per heavy atom. The molecule has 0 spiro atoms. The first-order chi connectivity index (χ1) is 20.1. The summed E-state index contributed by atoms with van der Waals surface area (Å²) in [6.45, 7) is 13.8. The molecule has 2 nitrogen and oxygen atoms in total. The van der Waals surface area contributed by atoms with Gasteiger partial charge in [0.15, 0.2) is 0 Å². The van der Waals surface area contributed by atoms with Crippen LogP contribution >= 0.6 is 0 Å². The van der Waals surface area contributed by atoms with Crippen molar-refractivity contribution in [2.45, 2.75) is 166 Å². The molecule has 41 heavy (non-hydrogen) atoms. The summed E-state index contributed by atoms with van der Waals surface area (Å²) in [7, 11) is 0. The van der Waals surface area contributed by atoms with Gasteiger partial charge in [-0.05, 0) is 0 Å². The number of rotatable bonds is 24. The van der Waals surface area contributed by atoms with Crippen LogP contribution in [0.4, 0.5) is 0 Å². The first-order valence-corrected chi connectivity index (χ1v) is 24.0. The third kappa shape index (κ3) is 12.5. The monoisotopic (exact) mass is 672 g/mol. The van der Waals surface area contributed by atoms with Gasteiger partial charge >= 0.3 is 261 Å². The molecule has 3 heteroatoms. The molecule has 0 aromatic heterocycles. The minimum absolute atomic E-state index is 1.06. The van der Waals surface area contributed by atoms with Gasteiger partial charge in [0.25, 0.3) is 0 Å². The molecule has 0 N–H and O–H groups in total. The van der Waals surface area contributed by atoms with Crippen LogP contribution in [0.25, 0.3) is 0 Å². The average molecular weight is 672 g/mol. The minimum atomic E-state index is -3.61. The Hall–Kier alpha value is -1.16. The van der Waals surface area contributed by atoms with E-state index < -0.39 is 19.2 Å². The second-order valence-electron chi connectivity index (χ2n) is 12.1. The van der Waals surface area contributed by atoms with Gasteiger partial charge in [-0.15, -0.1) is 0 Å². The second-order valence-corrected chi connectivity index (χ2v) is 21.4. The van der Waals surface area contributed by atoms with E-state index in [1.165, 1.54) is 99.3 Å². The van der Waals surface area contributed by atoms with Crippen molar-refractivity contribution >= 4 is 19.2 Å². The average Bonchev–Trinajstić information content (AvgIpc) is 2.98. The zero-order valence-corrected chi connectivity index (χ0v) is 30.8. The van der Waals surface area contributed by atoms with Crippen molar-refractivity contribution < 1.29 is 6.15 Å². The SMILES string of the molecule is CCCCCCC[CH2][Sn]([CH2]CCCCCCC)([O]c1cccc(CC)c1CCC)[O]c1cccc(CC)c1CCC. The van der Waals surface area contributed by atoms with Gasteiger partial charge in [-0.1, -0.05) is 0 Å². The first-order valence-electron chi connectivity index (χ1n) is 17.7. The van der Waals surface area contributed by atoms with Crippen molar-refractivity contribution in [3.63, 3.8) is 0 Å². The zero-order valence-electron chi connectivity index (χ0n) is 27.9. The molecule has 0 bridgehead atoms. The molecule has 2 aromatic carbocycles. The van der Waals surface area contributed by atoms with Crippen molar-refractivity contribution in [3.05, 3.63) is 58.7 Å². The normalized spacial score (nSPS) is 11.7. The van der Waals surface area contributed by atoms with Gasteiger partial charge in [0, 0.05) is 0 Å². The maximum absolute atomic E-state index is 7.48. The second kappa shape index (κ2) is 21.5. The topological polar surface area (TPSA) is 18.5 Å². The fourth-order valence-electron chi connectivity index (χ4n) is 6.24. The van der Waals surface area contributed by atoms with Gasteiger partial charge in [-0.25, -0.2) is 0 Å². The molecule has 0 saturated carbocycles. The Labute approximate surface area is 260 Å². The van der Waals surface area contributed by atoms with Crippen molar-refractivity contribution in [2.75, 3.05) is 0 Å². The van der Waals surface area contributed by atoms with Gasteiger partial charge in [-0.2, -0.15) is 0 Å². The van der Waals surface area contributed by atoms with E-state index in [2.05, 4.69) is 77.9 Å². The molecule has 0 aliphatic heterocycles.